The lowest BCUT2D eigenvalue weighted by Crippen LogP contribution is -2.41. The van der Waals surface area contributed by atoms with Crippen LogP contribution in [0.3, 0.4) is 0 Å². The van der Waals surface area contributed by atoms with Crippen LogP contribution in [0.1, 0.15) is 34.1 Å². The maximum Gasteiger partial charge on any atom is 0.191 e. The second-order valence-corrected chi connectivity index (χ2v) is 12.9. The standard InChI is InChI=1S/C16H26BrClO2Si/c1-12(10-11-19-21(5,6)16(2,3)4)20-14-9-7-8-13(17)15(14)18/h7-9,12H,10-11H2,1-6H3. The average Bonchev–Trinajstić information content (AvgIpc) is 2.33. The molecule has 1 aromatic carbocycles. The Hall–Kier alpha value is -0.0331. The van der Waals surface area contributed by atoms with E-state index in [0.717, 1.165) is 17.5 Å². The van der Waals surface area contributed by atoms with Gasteiger partial charge in [0.2, 0.25) is 0 Å². The van der Waals surface area contributed by atoms with Crippen molar-refractivity contribution >= 4 is 35.8 Å². The van der Waals surface area contributed by atoms with Gasteiger partial charge in [0.15, 0.2) is 8.32 Å². The molecule has 2 nitrogen and oxygen atoms in total. The van der Waals surface area contributed by atoms with Gasteiger partial charge in [0.25, 0.3) is 0 Å². The van der Waals surface area contributed by atoms with Crippen molar-refractivity contribution in [2.45, 2.75) is 58.4 Å². The predicted molar refractivity (Wildman–Crippen MR) is 97.0 cm³/mol. The molecule has 1 atom stereocenters. The Morgan fingerprint density at radius 2 is 1.90 bits per heavy atom. The molecule has 0 N–H and O–H groups in total. The van der Waals surface area contributed by atoms with Crippen molar-refractivity contribution in [3.05, 3.63) is 27.7 Å². The number of hydrogen-bond acceptors (Lipinski definition) is 2. The summed E-state index contributed by atoms with van der Waals surface area (Å²) < 4.78 is 12.9. The zero-order chi connectivity index (χ0) is 16.3. The molecule has 0 heterocycles. The predicted octanol–water partition coefficient (Wildman–Crippen LogP) is 6.28. The van der Waals surface area contributed by atoms with Crippen LogP contribution in [0.15, 0.2) is 22.7 Å². The molecule has 0 aliphatic carbocycles. The van der Waals surface area contributed by atoms with Gasteiger partial charge in [-0.3, -0.25) is 0 Å². The van der Waals surface area contributed by atoms with E-state index in [-0.39, 0.29) is 11.1 Å². The minimum Gasteiger partial charge on any atom is -0.489 e. The minimum atomic E-state index is -1.67. The Kier molecular flexibility index (Phi) is 6.78. The van der Waals surface area contributed by atoms with E-state index in [0.29, 0.717) is 10.8 Å². The maximum atomic E-state index is 6.21. The van der Waals surface area contributed by atoms with Crippen LogP contribution >= 0.6 is 27.5 Å². The van der Waals surface area contributed by atoms with Crippen LogP contribution in [-0.4, -0.2) is 21.0 Å². The van der Waals surface area contributed by atoms with Gasteiger partial charge in [0, 0.05) is 17.5 Å². The highest BCUT2D eigenvalue weighted by Gasteiger charge is 2.36. The molecule has 0 aromatic heterocycles. The van der Waals surface area contributed by atoms with Gasteiger partial charge in [-0.05, 0) is 53.1 Å². The van der Waals surface area contributed by atoms with E-state index in [1.165, 1.54) is 0 Å². The third-order valence-corrected chi connectivity index (χ3v) is 9.85. The third kappa shape index (κ3) is 5.59. The first-order valence-corrected chi connectivity index (χ1v) is 11.4. The lowest BCUT2D eigenvalue weighted by molar-refractivity contribution is 0.171. The topological polar surface area (TPSA) is 18.5 Å². The summed E-state index contributed by atoms with van der Waals surface area (Å²) in [6.07, 6.45) is 0.927. The Bertz CT molecular complexity index is 472. The van der Waals surface area contributed by atoms with Gasteiger partial charge in [0.05, 0.1) is 11.1 Å². The molecule has 0 radical (unpaired) electrons. The summed E-state index contributed by atoms with van der Waals surface area (Å²) in [7, 11) is -1.67. The monoisotopic (exact) mass is 392 g/mol. The molecular formula is C16H26BrClO2Si. The van der Waals surface area contributed by atoms with Gasteiger partial charge >= 0.3 is 0 Å². The molecule has 21 heavy (non-hydrogen) atoms. The second kappa shape index (κ2) is 7.49. The first-order chi connectivity index (χ1) is 9.54. The van der Waals surface area contributed by atoms with Crippen molar-refractivity contribution in [2.24, 2.45) is 0 Å². The fraction of sp³-hybridized carbons (Fsp3) is 0.625. The van der Waals surface area contributed by atoms with Gasteiger partial charge in [-0.1, -0.05) is 38.4 Å². The number of hydrogen-bond donors (Lipinski definition) is 0. The number of ether oxygens (including phenoxy) is 1. The SMILES string of the molecule is CC(CCO[Si](C)(C)C(C)(C)C)Oc1cccc(Br)c1Cl. The average molecular weight is 394 g/mol. The smallest absolute Gasteiger partial charge is 0.191 e. The van der Waals surface area contributed by atoms with Gasteiger partial charge in [-0.2, -0.15) is 0 Å². The normalized spacial score (nSPS) is 14.1. The van der Waals surface area contributed by atoms with Gasteiger partial charge < -0.3 is 9.16 Å². The Morgan fingerprint density at radius 1 is 1.29 bits per heavy atom. The molecule has 0 amide bonds. The number of benzene rings is 1. The number of rotatable bonds is 6. The molecule has 0 saturated heterocycles. The molecule has 120 valence electrons. The number of halogens is 2. The molecule has 1 unspecified atom stereocenters. The van der Waals surface area contributed by atoms with E-state index >= 15 is 0 Å². The molecule has 1 aromatic rings. The van der Waals surface area contributed by atoms with Crippen molar-refractivity contribution in [1.82, 2.24) is 0 Å². The zero-order valence-corrected chi connectivity index (χ0v) is 17.1. The highest BCUT2D eigenvalue weighted by Crippen LogP contribution is 2.37. The quantitative estimate of drug-likeness (QED) is 0.529. The molecule has 0 fully saturated rings. The first kappa shape index (κ1) is 19.0. The maximum absolute atomic E-state index is 6.21. The highest BCUT2D eigenvalue weighted by atomic mass is 79.9. The molecule has 0 aliphatic heterocycles. The zero-order valence-electron chi connectivity index (χ0n) is 13.8. The van der Waals surface area contributed by atoms with Crippen LogP contribution in [0.2, 0.25) is 23.2 Å². The van der Waals surface area contributed by atoms with Crippen LogP contribution in [0.25, 0.3) is 0 Å². The van der Waals surface area contributed by atoms with Crippen LogP contribution in [0.4, 0.5) is 0 Å². The van der Waals surface area contributed by atoms with Crippen LogP contribution in [0.5, 0.6) is 5.75 Å². The summed E-state index contributed by atoms with van der Waals surface area (Å²) in [4.78, 5) is 0. The van der Waals surface area contributed by atoms with Crippen molar-refractivity contribution in [3.63, 3.8) is 0 Å². The molecule has 0 bridgehead atoms. The Morgan fingerprint density at radius 3 is 2.48 bits per heavy atom. The Labute approximate surface area is 143 Å². The summed E-state index contributed by atoms with van der Waals surface area (Å²) in [6.45, 7) is 14.1. The van der Waals surface area contributed by atoms with Crippen molar-refractivity contribution in [1.29, 1.82) is 0 Å². The molecule has 0 spiro atoms. The molecule has 0 saturated carbocycles. The molecule has 1 rings (SSSR count). The van der Waals surface area contributed by atoms with Crippen LogP contribution in [-0.2, 0) is 4.43 Å². The summed E-state index contributed by atoms with van der Waals surface area (Å²) in [6, 6.07) is 5.71. The van der Waals surface area contributed by atoms with E-state index in [4.69, 9.17) is 20.8 Å². The summed E-state index contributed by atoms with van der Waals surface area (Å²) in [5.41, 5.74) is 0. The fourth-order valence-corrected chi connectivity index (χ4v) is 3.13. The second-order valence-electron chi connectivity index (χ2n) is 6.88. The van der Waals surface area contributed by atoms with E-state index in [2.05, 4.69) is 49.8 Å². The van der Waals surface area contributed by atoms with Gasteiger partial charge in [0.1, 0.15) is 5.75 Å². The van der Waals surface area contributed by atoms with E-state index in [1.807, 2.05) is 25.1 Å². The van der Waals surface area contributed by atoms with E-state index < -0.39 is 8.32 Å². The van der Waals surface area contributed by atoms with E-state index in [1.54, 1.807) is 0 Å². The lowest BCUT2D eigenvalue weighted by atomic mass is 10.2. The minimum absolute atomic E-state index is 0.0709. The molecule has 0 aliphatic rings. The molecular weight excluding hydrogens is 368 g/mol. The molecule has 5 heteroatoms. The highest BCUT2D eigenvalue weighted by molar-refractivity contribution is 9.10. The summed E-state index contributed by atoms with van der Waals surface area (Å²) in [5.74, 6) is 0.714. The summed E-state index contributed by atoms with van der Waals surface area (Å²) >= 11 is 9.61. The van der Waals surface area contributed by atoms with Gasteiger partial charge in [-0.15, -0.1) is 0 Å². The van der Waals surface area contributed by atoms with Crippen molar-refractivity contribution < 1.29 is 9.16 Å². The summed E-state index contributed by atoms with van der Waals surface area (Å²) in [5, 5.41) is 0.861. The van der Waals surface area contributed by atoms with Crippen LogP contribution < -0.4 is 4.74 Å². The Balaban J connectivity index is 2.49. The van der Waals surface area contributed by atoms with Crippen molar-refractivity contribution in [3.8, 4) is 5.75 Å². The first-order valence-electron chi connectivity index (χ1n) is 7.29. The third-order valence-electron chi connectivity index (χ3n) is 4.04. The van der Waals surface area contributed by atoms with Crippen LogP contribution in [0, 0.1) is 0 Å². The van der Waals surface area contributed by atoms with Crippen molar-refractivity contribution in [2.75, 3.05) is 6.61 Å². The van der Waals surface area contributed by atoms with E-state index in [9.17, 15) is 0 Å². The lowest BCUT2D eigenvalue weighted by Gasteiger charge is -2.36. The van der Waals surface area contributed by atoms with Gasteiger partial charge in [-0.25, -0.2) is 0 Å². The fourth-order valence-electron chi connectivity index (χ4n) is 1.55. The largest absolute Gasteiger partial charge is 0.489 e.